The van der Waals surface area contributed by atoms with Crippen molar-refractivity contribution in [3.63, 3.8) is 0 Å². The molecule has 1 heterocycles. The number of nitrogens with one attached hydrogen (secondary N) is 1. The van der Waals surface area contributed by atoms with E-state index in [2.05, 4.69) is 5.32 Å². The maximum Gasteiger partial charge on any atom is 0.281 e. The Kier molecular flexibility index (Phi) is 6.60. The third-order valence-corrected chi connectivity index (χ3v) is 7.43. The summed E-state index contributed by atoms with van der Waals surface area (Å²) in [4.78, 5) is 0. The molecule has 0 aromatic rings. The topological polar surface area (TPSA) is 86.8 Å². The number of sulfone groups is 1. The van der Waals surface area contributed by atoms with Crippen molar-refractivity contribution >= 4 is 20.0 Å². The van der Waals surface area contributed by atoms with Gasteiger partial charge in [-0.2, -0.15) is 17.0 Å². The third-order valence-electron chi connectivity index (χ3n) is 3.68. The van der Waals surface area contributed by atoms with E-state index in [9.17, 15) is 16.8 Å². The number of nitrogens with zero attached hydrogens (tertiary/aromatic N) is 2. The molecular weight excluding hydrogens is 314 g/mol. The smallest absolute Gasteiger partial charge is 0.281 e. The maximum absolute atomic E-state index is 12.4. The maximum atomic E-state index is 12.4. The van der Waals surface area contributed by atoms with E-state index in [0.717, 1.165) is 6.54 Å². The Morgan fingerprint density at radius 2 is 1.90 bits per heavy atom. The van der Waals surface area contributed by atoms with Crippen LogP contribution in [-0.4, -0.2) is 76.2 Å². The van der Waals surface area contributed by atoms with Crippen molar-refractivity contribution in [1.82, 2.24) is 13.9 Å². The molecule has 0 saturated carbocycles. The number of rotatable bonds is 8. The highest BCUT2D eigenvalue weighted by atomic mass is 32.2. The van der Waals surface area contributed by atoms with Crippen LogP contribution >= 0.6 is 0 Å². The fourth-order valence-corrected chi connectivity index (χ4v) is 5.50. The summed E-state index contributed by atoms with van der Waals surface area (Å²) in [7, 11) is -3.70. The van der Waals surface area contributed by atoms with Crippen molar-refractivity contribution in [2.45, 2.75) is 38.8 Å². The highest BCUT2D eigenvalue weighted by Crippen LogP contribution is 2.20. The third kappa shape index (κ3) is 5.48. The summed E-state index contributed by atoms with van der Waals surface area (Å²) < 4.78 is 50.2. The van der Waals surface area contributed by atoms with Gasteiger partial charge in [-0.15, -0.1) is 0 Å². The van der Waals surface area contributed by atoms with Gasteiger partial charge in [-0.3, -0.25) is 0 Å². The zero-order chi connectivity index (χ0) is 16.3. The van der Waals surface area contributed by atoms with Crippen LogP contribution in [0.15, 0.2) is 0 Å². The van der Waals surface area contributed by atoms with Gasteiger partial charge in [0.1, 0.15) is 0 Å². The fraction of sp³-hybridized carbons (Fsp3) is 1.00. The predicted octanol–water partition coefficient (Wildman–Crippen LogP) is -0.330. The van der Waals surface area contributed by atoms with Crippen LogP contribution in [-0.2, 0) is 20.0 Å². The van der Waals surface area contributed by atoms with Crippen LogP contribution in [0.4, 0.5) is 0 Å². The molecule has 0 aliphatic carbocycles. The van der Waals surface area contributed by atoms with Crippen LogP contribution in [0.2, 0.25) is 0 Å². The minimum absolute atomic E-state index is 0.0690. The Bertz CT molecular complexity index is 531. The zero-order valence-electron chi connectivity index (χ0n) is 13.2. The van der Waals surface area contributed by atoms with Crippen LogP contribution in [0.1, 0.15) is 26.7 Å². The van der Waals surface area contributed by atoms with Crippen LogP contribution in [0.3, 0.4) is 0 Å². The molecular formula is C12H27N3O4S2. The first-order chi connectivity index (χ1) is 9.56. The van der Waals surface area contributed by atoms with Crippen molar-refractivity contribution in [2.75, 3.05) is 38.7 Å². The van der Waals surface area contributed by atoms with Crippen molar-refractivity contribution in [3.05, 3.63) is 0 Å². The lowest BCUT2D eigenvalue weighted by molar-refractivity contribution is 0.344. The van der Waals surface area contributed by atoms with Crippen LogP contribution in [0.25, 0.3) is 0 Å². The molecule has 21 heavy (non-hydrogen) atoms. The summed E-state index contributed by atoms with van der Waals surface area (Å²) in [6.07, 6.45) is 1.09. The molecule has 0 aromatic carbocycles. The molecule has 1 aliphatic heterocycles. The van der Waals surface area contributed by atoms with Gasteiger partial charge < -0.3 is 5.32 Å². The highest BCUT2D eigenvalue weighted by molar-refractivity contribution is 7.91. The lowest BCUT2D eigenvalue weighted by atomic mass is 10.3. The first-order valence-electron chi connectivity index (χ1n) is 7.19. The van der Waals surface area contributed by atoms with Crippen molar-refractivity contribution in [1.29, 1.82) is 0 Å². The number of hydrogen-bond donors (Lipinski definition) is 1. The van der Waals surface area contributed by atoms with Gasteiger partial charge in [0.25, 0.3) is 10.2 Å². The van der Waals surface area contributed by atoms with Crippen LogP contribution in [0, 0.1) is 0 Å². The summed E-state index contributed by atoms with van der Waals surface area (Å²) >= 11 is 0. The Morgan fingerprint density at radius 1 is 1.29 bits per heavy atom. The van der Waals surface area contributed by atoms with Crippen molar-refractivity contribution in [2.24, 2.45) is 0 Å². The molecule has 1 atom stereocenters. The second-order valence-electron chi connectivity index (χ2n) is 5.86. The largest absolute Gasteiger partial charge is 0.314 e. The van der Waals surface area contributed by atoms with E-state index in [0.29, 0.717) is 25.4 Å². The van der Waals surface area contributed by atoms with Crippen molar-refractivity contribution < 1.29 is 16.8 Å². The summed E-state index contributed by atoms with van der Waals surface area (Å²) in [6.45, 7) is 5.23. The second-order valence-corrected chi connectivity index (χ2v) is 10.2. The molecule has 1 N–H and O–H groups in total. The molecule has 1 fully saturated rings. The highest BCUT2D eigenvalue weighted by Gasteiger charge is 2.37. The Labute approximate surface area is 128 Å². The number of hydrogen-bond acceptors (Lipinski definition) is 5. The monoisotopic (exact) mass is 341 g/mol. The van der Waals surface area contributed by atoms with E-state index in [1.165, 1.54) is 22.7 Å². The first kappa shape index (κ1) is 18.8. The minimum atomic E-state index is -3.60. The summed E-state index contributed by atoms with van der Waals surface area (Å²) in [6, 6.07) is -0.0745. The van der Waals surface area contributed by atoms with Gasteiger partial charge in [0.05, 0.1) is 11.5 Å². The van der Waals surface area contributed by atoms with E-state index in [1.54, 1.807) is 0 Å². The van der Waals surface area contributed by atoms with Gasteiger partial charge in [-0.1, -0.05) is 13.8 Å². The molecule has 1 saturated heterocycles. The van der Waals surface area contributed by atoms with Gasteiger partial charge in [0, 0.05) is 32.7 Å². The second kappa shape index (κ2) is 7.36. The van der Waals surface area contributed by atoms with Gasteiger partial charge >= 0.3 is 0 Å². The normalized spacial score (nSPS) is 22.5. The predicted molar refractivity (Wildman–Crippen MR) is 84.1 cm³/mol. The van der Waals surface area contributed by atoms with Gasteiger partial charge in [0.2, 0.25) is 0 Å². The van der Waals surface area contributed by atoms with E-state index in [-0.39, 0.29) is 11.5 Å². The van der Waals surface area contributed by atoms with E-state index in [4.69, 9.17) is 0 Å². The first-order valence-corrected chi connectivity index (χ1v) is 10.4. The van der Waals surface area contributed by atoms with Gasteiger partial charge in [-0.25, -0.2) is 8.42 Å². The summed E-state index contributed by atoms with van der Waals surface area (Å²) in [5, 5.41) is 3.23. The minimum Gasteiger partial charge on any atom is -0.314 e. The molecule has 0 spiro atoms. The Hall–Kier alpha value is -0.220. The molecule has 126 valence electrons. The fourth-order valence-electron chi connectivity index (χ4n) is 2.28. The molecule has 1 aliphatic rings. The average molecular weight is 341 g/mol. The van der Waals surface area contributed by atoms with Gasteiger partial charge in [0.15, 0.2) is 9.84 Å². The quantitative estimate of drug-likeness (QED) is 0.611. The van der Waals surface area contributed by atoms with E-state index in [1.807, 2.05) is 13.8 Å². The van der Waals surface area contributed by atoms with E-state index >= 15 is 0 Å². The molecule has 0 amide bonds. The van der Waals surface area contributed by atoms with Crippen molar-refractivity contribution in [3.8, 4) is 0 Å². The standard InChI is InChI=1S/C12H27N3O4S2/c1-11(2)13-7-5-8-14(3)21(18,19)15(4)12-6-9-20(16,17)10-12/h11-13H,5-10H2,1-4H3. The lowest BCUT2D eigenvalue weighted by Gasteiger charge is -2.28. The molecule has 1 rings (SSSR count). The molecule has 1 unspecified atom stereocenters. The average Bonchev–Trinajstić information content (AvgIpc) is 2.73. The van der Waals surface area contributed by atoms with Gasteiger partial charge in [-0.05, 0) is 19.4 Å². The van der Waals surface area contributed by atoms with E-state index < -0.39 is 26.1 Å². The Morgan fingerprint density at radius 3 is 2.38 bits per heavy atom. The lowest BCUT2D eigenvalue weighted by Crippen LogP contribution is -2.46. The van der Waals surface area contributed by atoms with Crippen LogP contribution < -0.4 is 5.32 Å². The molecule has 0 bridgehead atoms. The molecule has 0 radical (unpaired) electrons. The van der Waals surface area contributed by atoms with Crippen LogP contribution in [0.5, 0.6) is 0 Å². The molecule has 7 nitrogen and oxygen atoms in total. The SMILES string of the molecule is CC(C)NCCCN(C)S(=O)(=O)N(C)C1CCS(=O)(=O)C1. The summed E-state index contributed by atoms with van der Waals surface area (Å²) in [5.41, 5.74) is 0. The molecule has 9 heteroatoms. The Balaban J connectivity index is 2.55. The zero-order valence-corrected chi connectivity index (χ0v) is 14.9. The summed E-state index contributed by atoms with van der Waals surface area (Å²) in [5.74, 6) is -0.00890. The molecule has 0 aromatic heterocycles.